The number of esters is 1. The van der Waals surface area contributed by atoms with Gasteiger partial charge in [-0.2, -0.15) is 0 Å². The van der Waals surface area contributed by atoms with Gasteiger partial charge < -0.3 is 25.2 Å². The Kier molecular flexibility index (Phi) is 7.23. The SMILES string of the molecule is CC(C)[C@H](C)[C@@H](O)[C@H](O)[C@@H](C)C1CCC2C3COC(=O)[C@H]4C[C@H](O)[C@H](O)CC4(C)C3CCC21C. The van der Waals surface area contributed by atoms with Crippen molar-refractivity contribution < 1.29 is 30.0 Å². The van der Waals surface area contributed by atoms with Crippen LogP contribution in [0.5, 0.6) is 0 Å². The molecule has 3 saturated carbocycles. The first-order valence-electron chi connectivity index (χ1n) is 13.7. The van der Waals surface area contributed by atoms with Crippen LogP contribution in [-0.2, 0) is 9.53 Å². The smallest absolute Gasteiger partial charge is 0.309 e. The molecule has 1 aliphatic heterocycles. The molecule has 4 rings (SSSR count). The third kappa shape index (κ3) is 4.05. The molecule has 4 fully saturated rings. The first-order chi connectivity index (χ1) is 15.8. The Balaban J connectivity index is 1.58. The van der Waals surface area contributed by atoms with Crippen molar-refractivity contribution in [1.29, 1.82) is 0 Å². The first kappa shape index (κ1) is 26.4. The molecule has 4 aliphatic rings. The van der Waals surface area contributed by atoms with Gasteiger partial charge in [0.25, 0.3) is 0 Å². The van der Waals surface area contributed by atoms with Crippen molar-refractivity contribution in [3.63, 3.8) is 0 Å². The van der Waals surface area contributed by atoms with Crippen LogP contribution < -0.4 is 0 Å². The molecule has 6 unspecified atom stereocenters. The largest absolute Gasteiger partial charge is 0.465 e. The summed E-state index contributed by atoms with van der Waals surface area (Å²) in [6, 6.07) is 0. The molecule has 0 radical (unpaired) electrons. The molecule has 13 atom stereocenters. The van der Waals surface area contributed by atoms with Crippen molar-refractivity contribution in [2.45, 2.75) is 104 Å². The molecule has 0 aromatic carbocycles. The second kappa shape index (κ2) is 9.32. The fraction of sp³-hybridized carbons (Fsp3) is 0.964. The second-order valence-electron chi connectivity index (χ2n) is 13.3. The minimum Gasteiger partial charge on any atom is -0.465 e. The molecule has 3 aliphatic carbocycles. The van der Waals surface area contributed by atoms with Gasteiger partial charge in [0.1, 0.15) is 0 Å². The van der Waals surface area contributed by atoms with E-state index in [4.69, 9.17) is 4.74 Å². The average molecular weight is 481 g/mol. The van der Waals surface area contributed by atoms with Crippen molar-refractivity contribution in [1.82, 2.24) is 0 Å². The monoisotopic (exact) mass is 480 g/mol. The minimum absolute atomic E-state index is 0.00827. The number of rotatable bonds is 5. The summed E-state index contributed by atoms with van der Waals surface area (Å²) in [4.78, 5) is 13.0. The van der Waals surface area contributed by atoms with Gasteiger partial charge in [0.2, 0.25) is 0 Å². The number of aliphatic hydroxyl groups excluding tert-OH is 4. The molecule has 6 heteroatoms. The van der Waals surface area contributed by atoms with Gasteiger partial charge in [0.15, 0.2) is 0 Å². The molecule has 0 aromatic rings. The molecular formula is C28H48O6. The van der Waals surface area contributed by atoms with Crippen LogP contribution in [0.15, 0.2) is 0 Å². The summed E-state index contributed by atoms with van der Waals surface area (Å²) in [5.41, 5.74) is -0.345. The molecule has 0 spiro atoms. The van der Waals surface area contributed by atoms with E-state index in [0.29, 0.717) is 30.8 Å². The number of aliphatic hydroxyl groups is 4. The third-order valence-corrected chi connectivity index (χ3v) is 11.5. The highest BCUT2D eigenvalue weighted by atomic mass is 16.5. The average Bonchev–Trinajstić information content (AvgIpc) is 3.09. The zero-order valence-electron chi connectivity index (χ0n) is 22.0. The van der Waals surface area contributed by atoms with E-state index in [-0.39, 0.29) is 52.8 Å². The van der Waals surface area contributed by atoms with Crippen LogP contribution in [0, 0.1) is 58.2 Å². The predicted octanol–water partition coefficient (Wildman–Crippen LogP) is 3.39. The standard InChI is InChI=1S/C28H48O6/c1-14(2)15(3)24(31)25(32)16(4)18-7-8-19-17-13-34-26(33)21-11-22(29)23(30)12-28(21,6)20(17)9-10-27(18,19)5/h14-25,29-32H,7-13H2,1-6H3/t15-,16-,17?,18?,19?,20?,21+,22-,23+,24+,25+,27?,28?/m0/s1. The summed E-state index contributed by atoms with van der Waals surface area (Å²) in [7, 11) is 0. The number of ether oxygens (including phenoxy) is 1. The van der Waals surface area contributed by atoms with Gasteiger partial charge in [-0.3, -0.25) is 4.79 Å². The van der Waals surface area contributed by atoms with E-state index in [2.05, 4.69) is 34.6 Å². The zero-order valence-corrected chi connectivity index (χ0v) is 22.0. The highest BCUT2D eigenvalue weighted by Gasteiger charge is 2.63. The third-order valence-electron chi connectivity index (χ3n) is 11.5. The lowest BCUT2D eigenvalue weighted by atomic mass is 9.48. The Hall–Kier alpha value is -0.690. The maximum atomic E-state index is 13.0. The highest BCUT2D eigenvalue weighted by Crippen LogP contribution is 2.66. The van der Waals surface area contributed by atoms with Crippen molar-refractivity contribution >= 4 is 5.97 Å². The quantitative estimate of drug-likeness (QED) is 0.450. The van der Waals surface area contributed by atoms with Crippen LogP contribution in [0.25, 0.3) is 0 Å². The van der Waals surface area contributed by atoms with Crippen molar-refractivity contribution in [3.05, 3.63) is 0 Å². The van der Waals surface area contributed by atoms with Crippen LogP contribution in [0.4, 0.5) is 0 Å². The minimum atomic E-state index is -0.867. The van der Waals surface area contributed by atoms with Crippen molar-refractivity contribution in [2.75, 3.05) is 6.61 Å². The fourth-order valence-corrected chi connectivity index (χ4v) is 8.95. The van der Waals surface area contributed by atoms with Crippen LogP contribution in [0.2, 0.25) is 0 Å². The summed E-state index contributed by atoms with van der Waals surface area (Å²) < 4.78 is 5.86. The lowest BCUT2D eigenvalue weighted by Crippen LogP contribution is -2.55. The maximum Gasteiger partial charge on any atom is 0.309 e. The van der Waals surface area contributed by atoms with E-state index in [0.717, 1.165) is 25.7 Å². The topological polar surface area (TPSA) is 107 Å². The van der Waals surface area contributed by atoms with E-state index >= 15 is 0 Å². The second-order valence-corrected chi connectivity index (χ2v) is 13.3. The normalized spacial score (nSPS) is 48.1. The molecule has 0 amide bonds. The summed E-state index contributed by atoms with van der Waals surface area (Å²) >= 11 is 0. The Morgan fingerprint density at radius 1 is 0.912 bits per heavy atom. The van der Waals surface area contributed by atoms with Crippen LogP contribution in [-0.4, -0.2) is 57.4 Å². The van der Waals surface area contributed by atoms with Crippen LogP contribution in [0.1, 0.15) is 80.1 Å². The number of hydrogen-bond acceptors (Lipinski definition) is 6. The number of fused-ring (bicyclic) bond motifs is 5. The van der Waals surface area contributed by atoms with Gasteiger partial charge in [-0.25, -0.2) is 0 Å². The van der Waals surface area contributed by atoms with Crippen LogP contribution >= 0.6 is 0 Å². The van der Waals surface area contributed by atoms with Gasteiger partial charge in [-0.05, 0) is 90.8 Å². The first-order valence-corrected chi connectivity index (χ1v) is 13.7. The summed E-state index contributed by atoms with van der Waals surface area (Å²) in [5.74, 6) is 0.948. The molecule has 34 heavy (non-hydrogen) atoms. The van der Waals surface area contributed by atoms with Gasteiger partial charge in [-0.15, -0.1) is 0 Å². The number of hydrogen-bond donors (Lipinski definition) is 4. The van der Waals surface area contributed by atoms with E-state index < -0.39 is 24.4 Å². The van der Waals surface area contributed by atoms with E-state index in [1.807, 2.05) is 6.92 Å². The molecule has 0 aromatic heterocycles. The van der Waals surface area contributed by atoms with Crippen molar-refractivity contribution in [2.24, 2.45) is 58.2 Å². The molecule has 0 bridgehead atoms. The van der Waals surface area contributed by atoms with Gasteiger partial charge in [0, 0.05) is 0 Å². The molecule has 4 N–H and O–H groups in total. The molecule has 1 heterocycles. The summed E-state index contributed by atoms with van der Waals surface area (Å²) in [6.45, 7) is 13.2. The Morgan fingerprint density at radius 2 is 1.56 bits per heavy atom. The lowest BCUT2D eigenvalue weighted by molar-refractivity contribution is -0.162. The number of cyclic esters (lactones) is 1. The van der Waals surface area contributed by atoms with Crippen molar-refractivity contribution in [3.8, 4) is 0 Å². The molecular weight excluding hydrogens is 432 g/mol. The fourth-order valence-electron chi connectivity index (χ4n) is 8.95. The highest BCUT2D eigenvalue weighted by molar-refractivity contribution is 5.74. The zero-order chi connectivity index (χ0) is 25.2. The van der Waals surface area contributed by atoms with Gasteiger partial charge in [-0.1, -0.05) is 41.5 Å². The summed E-state index contributed by atoms with van der Waals surface area (Å²) in [6.07, 6.45) is 1.61. The Morgan fingerprint density at radius 3 is 2.21 bits per heavy atom. The van der Waals surface area contributed by atoms with E-state index in [9.17, 15) is 25.2 Å². The predicted molar refractivity (Wildman–Crippen MR) is 130 cm³/mol. The molecule has 1 saturated heterocycles. The Labute approximate surface area is 205 Å². The molecule has 6 nitrogen and oxygen atoms in total. The van der Waals surface area contributed by atoms with Gasteiger partial charge in [0.05, 0.1) is 36.9 Å². The van der Waals surface area contributed by atoms with Gasteiger partial charge >= 0.3 is 5.97 Å². The number of carbonyl (C=O) groups is 1. The lowest BCUT2D eigenvalue weighted by Gasteiger charge is -2.56. The summed E-state index contributed by atoms with van der Waals surface area (Å²) in [5, 5.41) is 42.9. The maximum absolute atomic E-state index is 13.0. The van der Waals surface area contributed by atoms with E-state index in [1.54, 1.807) is 0 Å². The Bertz CT molecular complexity index is 755. The molecule has 196 valence electrons. The van der Waals surface area contributed by atoms with Crippen LogP contribution in [0.3, 0.4) is 0 Å². The van der Waals surface area contributed by atoms with E-state index in [1.165, 1.54) is 0 Å². The number of carbonyl (C=O) groups excluding carboxylic acids is 1.